The molecule has 0 aromatic rings. The van der Waals surface area contributed by atoms with Crippen LogP contribution in [-0.4, -0.2) is 29.7 Å². The van der Waals surface area contributed by atoms with E-state index in [0.717, 1.165) is 21.7 Å². The Morgan fingerprint density at radius 1 is 1.17 bits per heavy atom. The first kappa shape index (κ1) is 16.2. The second-order valence-corrected chi connectivity index (χ2v) is 6.54. The molecule has 5 nitrogen and oxygen atoms in total. The second kappa shape index (κ2) is 6.07. The number of hydrogen-bond donors (Lipinski definition) is 1. The third-order valence-corrected chi connectivity index (χ3v) is 4.36. The summed E-state index contributed by atoms with van der Waals surface area (Å²) in [5.74, 6) is 0.121. The Hall–Kier alpha value is -2.69. The summed E-state index contributed by atoms with van der Waals surface area (Å²) in [6.45, 7) is 8.49. The van der Waals surface area contributed by atoms with Crippen molar-refractivity contribution in [1.82, 2.24) is 10.3 Å². The van der Waals surface area contributed by atoms with Gasteiger partial charge in [0.2, 0.25) is 5.91 Å². The third kappa shape index (κ3) is 2.89. The number of nitrogens with one attached hydrogen (secondary N) is 1. The van der Waals surface area contributed by atoms with Gasteiger partial charge in [-0.2, -0.15) is 5.10 Å². The van der Waals surface area contributed by atoms with Crippen LogP contribution in [0.2, 0.25) is 0 Å². The topological polar surface area (TPSA) is 61.8 Å². The molecule has 0 atom stereocenters. The largest absolute Gasteiger partial charge is 0.344 e. The van der Waals surface area contributed by atoms with Gasteiger partial charge in [-0.25, -0.2) is 9.80 Å². The van der Waals surface area contributed by atoms with Crippen LogP contribution >= 0.6 is 0 Å². The molecule has 3 aliphatic rings. The van der Waals surface area contributed by atoms with E-state index < -0.39 is 6.03 Å². The van der Waals surface area contributed by atoms with Crippen molar-refractivity contribution in [3.05, 3.63) is 46.5 Å². The lowest BCUT2D eigenvalue weighted by atomic mass is 10.0. The van der Waals surface area contributed by atoms with Crippen LogP contribution in [0.5, 0.6) is 0 Å². The van der Waals surface area contributed by atoms with Crippen molar-refractivity contribution in [2.24, 2.45) is 5.10 Å². The highest BCUT2D eigenvalue weighted by Crippen LogP contribution is 2.35. The monoisotopic (exact) mass is 323 g/mol. The van der Waals surface area contributed by atoms with Gasteiger partial charge in [0.15, 0.2) is 0 Å². The Bertz CT molecular complexity index is 824. The second-order valence-electron chi connectivity index (χ2n) is 6.54. The first-order valence-corrected chi connectivity index (χ1v) is 8.06. The van der Waals surface area contributed by atoms with Crippen molar-refractivity contribution in [2.75, 3.05) is 6.54 Å². The number of urea groups is 1. The molecule has 0 aromatic heterocycles. The molecule has 0 bridgehead atoms. The van der Waals surface area contributed by atoms with E-state index in [0.29, 0.717) is 5.92 Å². The molecule has 0 spiro atoms. The molecule has 1 aliphatic heterocycles. The Morgan fingerprint density at radius 3 is 2.54 bits per heavy atom. The number of imide groups is 1. The van der Waals surface area contributed by atoms with Gasteiger partial charge in [-0.1, -0.05) is 32.0 Å². The average Bonchev–Trinajstić information content (AvgIpc) is 2.92. The van der Waals surface area contributed by atoms with Crippen LogP contribution < -0.4 is 5.32 Å². The molecule has 5 heteroatoms. The van der Waals surface area contributed by atoms with E-state index in [9.17, 15) is 9.59 Å². The molecule has 0 radical (unpaired) electrons. The van der Waals surface area contributed by atoms with Crippen molar-refractivity contribution < 1.29 is 9.59 Å². The van der Waals surface area contributed by atoms with Gasteiger partial charge < -0.3 is 0 Å². The highest BCUT2D eigenvalue weighted by Gasteiger charge is 2.26. The maximum atomic E-state index is 11.6. The summed E-state index contributed by atoms with van der Waals surface area (Å²) in [6, 6.07) is 8.11. The summed E-state index contributed by atoms with van der Waals surface area (Å²) in [5, 5.41) is 7.55. The van der Waals surface area contributed by atoms with E-state index in [1.807, 2.05) is 0 Å². The van der Waals surface area contributed by atoms with Crippen LogP contribution in [0.1, 0.15) is 42.0 Å². The van der Waals surface area contributed by atoms with Gasteiger partial charge in [-0.15, -0.1) is 0 Å². The maximum Gasteiger partial charge on any atom is 0.344 e. The predicted molar refractivity (Wildman–Crippen MR) is 94.5 cm³/mol. The number of carbonyl (C=O) groups is 2. The fourth-order valence-corrected chi connectivity index (χ4v) is 3.00. The molecule has 1 fully saturated rings. The van der Waals surface area contributed by atoms with Gasteiger partial charge >= 0.3 is 6.03 Å². The van der Waals surface area contributed by atoms with Gasteiger partial charge in [0.25, 0.3) is 0 Å². The fourth-order valence-electron chi connectivity index (χ4n) is 3.00. The van der Waals surface area contributed by atoms with Crippen LogP contribution in [0.3, 0.4) is 0 Å². The van der Waals surface area contributed by atoms with E-state index in [1.165, 1.54) is 16.7 Å². The number of rotatable bonds is 3. The van der Waals surface area contributed by atoms with Crippen LogP contribution in [0, 0.1) is 13.8 Å². The molecule has 0 aromatic carbocycles. The van der Waals surface area contributed by atoms with Crippen molar-refractivity contribution in [3.63, 3.8) is 0 Å². The standard InChI is InChI=1S/C19H21N3O2/c1-11(2)14-6-5-12(3)18-15(7-13(4)16(18)8-14)9-20-22-10-17(23)21-19(22)24/h5-9,11H,10H2,1-4H3,(H,21,23,24)/b20-9-. The van der Waals surface area contributed by atoms with Crippen molar-refractivity contribution in [3.8, 4) is 11.1 Å². The Balaban J connectivity index is 2.02. The minimum absolute atomic E-state index is 0.0305. The zero-order chi connectivity index (χ0) is 17.4. The smallest absolute Gasteiger partial charge is 0.275 e. The quantitative estimate of drug-likeness (QED) is 0.695. The van der Waals surface area contributed by atoms with Crippen LogP contribution in [0.4, 0.5) is 4.79 Å². The SMILES string of the molecule is Cc1cc(/C=N\N2CC(=O)NC2=O)c2c(C)ccc(C(C)C)cc1-2. The molecule has 124 valence electrons. The van der Waals surface area contributed by atoms with E-state index in [4.69, 9.17) is 0 Å². The molecular weight excluding hydrogens is 302 g/mol. The number of carbonyl (C=O) groups excluding carboxylic acids is 2. The number of hydrazone groups is 1. The molecule has 1 N–H and O–H groups in total. The molecule has 0 unspecified atom stereocenters. The maximum absolute atomic E-state index is 11.6. The Morgan fingerprint density at radius 2 is 1.92 bits per heavy atom. The lowest BCUT2D eigenvalue weighted by Crippen LogP contribution is -2.24. The first-order chi connectivity index (χ1) is 11.4. The van der Waals surface area contributed by atoms with Gasteiger partial charge in [-0.05, 0) is 53.6 Å². The van der Waals surface area contributed by atoms with E-state index in [2.05, 4.69) is 62.4 Å². The predicted octanol–water partition coefficient (Wildman–Crippen LogP) is 3.42. The first-order valence-electron chi connectivity index (χ1n) is 8.06. The van der Waals surface area contributed by atoms with Gasteiger partial charge in [0.1, 0.15) is 6.54 Å². The molecule has 2 aliphatic carbocycles. The highest BCUT2D eigenvalue weighted by atomic mass is 16.2. The van der Waals surface area contributed by atoms with E-state index >= 15 is 0 Å². The Kier molecular flexibility index (Phi) is 4.09. The zero-order valence-electron chi connectivity index (χ0n) is 14.4. The van der Waals surface area contributed by atoms with E-state index in [-0.39, 0.29) is 12.5 Å². The number of aryl methyl sites for hydroxylation is 2. The highest BCUT2D eigenvalue weighted by molar-refractivity contribution is 6.02. The lowest BCUT2D eigenvalue weighted by Gasteiger charge is -2.06. The van der Waals surface area contributed by atoms with Crippen LogP contribution in [0.25, 0.3) is 11.1 Å². The zero-order valence-corrected chi connectivity index (χ0v) is 14.4. The minimum atomic E-state index is -0.479. The van der Waals surface area contributed by atoms with Crippen LogP contribution in [0.15, 0.2) is 29.4 Å². The molecule has 1 heterocycles. The van der Waals surface area contributed by atoms with Crippen molar-refractivity contribution in [1.29, 1.82) is 0 Å². The number of hydrogen-bond acceptors (Lipinski definition) is 3. The third-order valence-electron chi connectivity index (χ3n) is 4.36. The molecular formula is C19H21N3O2. The number of amides is 3. The molecule has 3 rings (SSSR count). The Labute approximate surface area is 141 Å². The fraction of sp³-hybridized carbons (Fsp3) is 0.316. The summed E-state index contributed by atoms with van der Waals surface area (Å²) in [6.07, 6.45) is 1.66. The molecule has 24 heavy (non-hydrogen) atoms. The molecule has 1 saturated heterocycles. The van der Waals surface area contributed by atoms with Crippen molar-refractivity contribution >= 4 is 18.2 Å². The summed E-state index contributed by atoms with van der Waals surface area (Å²) in [5.41, 5.74) is 6.91. The van der Waals surface area contributed by atoms with Gasteiger partial charge in [0.05, 0.1) is 6.21 Å². The van der Waals surface area contributed by atoms with Gasteiger partial charge in [0, 0.05) is 5.56 Å². The van der Waals surface area contributed by atoms with E-state index in [1.54, 1.807) is 6.21 Å². The normalized spacial score (nSPS) is 15.1. The molecule has 3 amide bonds. The van der Waals surface area contributed by atoms with Crippen molar-refractivity contribution in [2.45, 2.75) is 33.6 Å². The average molecular weight is 323 g/mol. The van der Waals surface area contributed by atoms with Crippen LogP contribution in [-0.2, 0) is 4.79 Å². The number of fused-ring (bicyclic) bond motifs is 1. The summed E-state index contributed by atoms with van der Waals surface area (Å²) in [4.78, 5) is 22.8. The molecule has 0 saturated carbocycles. The summed E-state index contributed by atoms with van der Waals surface area (Å²) >= 11 is 0. The minimum Gasteiger partial charge on any atom is -0.275 e. The lowest BCUT2D eigenvalue weighted by molar-refractivity contribution is -0.118. The number of nitrogens with zero attached hydrogens (tertiary/aromatic N) is 2. The summed E-state index contributed by atoms with van der Waals surface area (Å²) < 4.78 is 0. The van der Waals surface area contributed by atoms with Gasteiger partial charge in [-0.3, -0.25) is 10.1 Å². The summed E-state index contributed by atoms with van der Waals surface area (Å²) in [7, 11) is 0.